The molecule has 0 atom stereocenters. The van der Waals surface area contributed by atoms with E-state index in [9.17, 15) is 13.2 Å². The summed E-state index contributed by atoms with van der Waals surface area (Å²) >= 11 is 5.98. The van der Waals surface area contributed by atoms with Crippen LogP contribution >= 0.6 is 11.6 Å². The molecular formula is C24H32ClN3O3S. The highest BCUT2D eigenvalue weighted by atomic mass is 35.5. The summed E-state index contributed by atoms with van der Waals surface area (Å²) in [5.74, 6) is -0.116. The number of rotatable bonds is 7. The third kappa shape index (κ3) is 5.70. The highest BCUT2D eigenvalue weighted by Gasteiger charge is 2.26. The molecule has 2 aromatic carbocycles. The standard InChI is InChI=1S/C24H32ClN3O3S/c1-4-28(5-2)32(30,31)23-17-21(10-7-19(23)3)24(29)27-14-6-13-26(15-16-27)18-20-8-11-22(25)12-9-20/h7-12,17H,4-6,13-16,18H2,1-3H3. The minimum Gasteiger partial charge on any atom is -0.337 e. The monoisotopic (exact) mass is 477 g/mol. The highest BCUT2D eigenvalue weighted by Crippen LogP contribution is 2.23. The van der Waals surface area contributed by atoms with Crippen LogP contribution < -0.4 is 0 Å². The van der Waals surface area contributed by atoms with Gasteiger partial charge in [-0.1, -0.05) is 43.6 Å². The van der Waals surface area contributed by atoms with Crippen LogP contribution in [0.1, 0.15) is 41.8 Å². The second kappa shape index (κ2) is 10.8. The summed E-state index contributed by atoms with van der Waals surface area (Å²) in [7, 11) is -3.63. The number of hydrogen-bond donors (Lipinski definition) is 0. The van der Waals surface area contributed by atoms with E-state index in [2.05, 4.69) is 4.90 Å². The number of benzene rings is 2. The molecule has 32 heavy (non-hydrogen) atoms. The Labute approximate surface area is 196 Å². The van der Waals surface area contributed by atoms with Crippen molar-refractivity contribution in [1.29, 1.82) is 0 Å². The maximum absolute atomic E-state index is 13.2. The van der Waals surface area contributed by atoms with Crippen LogP contribution in [0.25, 0.3) is 0 Å². The van der Waals surface area contributed by atoms with Crippen LogP contribution in [0, 0.1) is 6.92 Å². The third-order valence-corrected chi connectivity index (χ3v) is 8.40. The molecule has 6 nitrogen and oxygen atoms in total. The van der Waals surface area contributed by atoms with Crippen molar-refractivity contribution in [2.45, 2.75) is 38.6 Å². The Morgan fingerprint density at radius 1 is 1.00 bits per heavy atom. The maximum Gasteiger partial charge on any atom is 0.253 e. The molecule has 0 radical (unpaired) electrons. The summed E-state index contributed by atoms with van der Waals surface area (Å²) in [6.07, 6.45) is 0.871. The van der Waals surface area contributed by atoms with Crippen molar-refractivity contribution in [3.8, 4) is 0 Å². The zero-order valence-electron chi connectivity index (χ0n) is 19.1. The van der Waals surface area contributed by atoms with Gasteiger partial charge in [-0.25, -0.2) is 8.42 Å². The predicted octanol–water partition coefficient (Wildman–Crippen LogP) is 4.03. The molecule has 1 aliphatic rings. The number of nitrogens with zero attached hydrogens (tertiary/aromatic N) is 3. The quantitative estimate of drug-likeness (QED) is 0.604. The Hall–Kier alpha value is -1.93. The first-order chi connectivity index (χ1) is 15.3. The van der Waals surface area contributed by atoms with Crippen molar-refractivity contribution in [1.82, 2.24) is 14.1 Å². The Morgan fingerprint density at radius 2 is 1.69 bits per heavy atom. The first-order valence-electron chi connectivity index (χ1n) is 11.1. The van der Waals surface area contributed by atoms with Gasteiger partial charge >= 0.3 is 0 Å². The predicted molar refractivity (Wildman–Crippen MR) is 129 cm³/mol. The normalized spacial score (nSPS) is 15.7. The number of hydrogen-bond acceptors (Lipinski definition) is 4. The van der Waals surface area contributed by atoms with Crippen molar-refractivity contribution in [3.05, 3.63) is 64.2 Å². The van der Waals surface area contributed by atoms with E-state index in [1.54, 1.807) is 25.1 Å². The van der Waals surface area contributed by atoms with E-state index in [1.165, 1.54) is 9.87 Å². The highest BCUT2D eigenvalue weighted by molar-refractivity contribution is 7.89. The van der Waals surface area contributed by atoms with E-state index < -0.39 is 10.0 Å². The zero-order chi connectivity index (χ0) is 23.3. The summed E-state index contributed by atoms with van der Waals surface area (Å²) < 4.78 is 27.5. The summed E-state index contributed by atoms with van der Waals surface area (Å²) in [6, 6.07) is 12.9. The number of carbonyl (C=O) groups is 1. The summed E-state index contributed by atoms with van der Waals surface area (Å²) in [6.45, 7) is 9.95. The number of aryl methyl sites for hydroxylation is 1. The van der Waals surface area contributed by atoms with Crippen LogP contribution in [0.5, 0.6) is 0 Å². The van der Waals surface area contributed by atoms with Crippen molar-refractivity contribution in [3.63, 3.8) is 0 Å². The fourth-order valence-electron chi connectivity index (χ4n) is 4.08. The lowest BCUT2D eigenvalue weighted by Crippen LogP contribution is -2.35. The van der Waals surface area contributed by atoms with Crippen LogP contribution in [0.3, 0.4) is 0 Å². The second-order valence-corrected chi connectivity index (χ2v) is 10.5. The van der Waals surface area contributed by atoms with E-state index in [-0.39, 0.29) is 10.8 Å². The van der Waals surface area contributed by atoms with Gasteiger partial charge in [-0.3, -0.25) is 9.69 Å². The van der Waals surface area contributed by atoms with Crippen LogP contribution in [-0.2, 0) is 16.6 Å². The molecule has 0 saturated carbocycles. The average Bonchev–Trinajstić information content (AvgIpc) is 3.01. The number of sulfonamides is 1. The third-order valence-electron chi connectivity index (χ3n) is 5.95. The van der Waals surface area contributed by atoms with Gasteiger partial charge in [0.1, 0.15) is 0 Å². The van der Waals surface area contributed by atoms with Crippen molar-refractivity contribution >= 4 is 27.5 Å². The molecular weight excluding hydrogens is 446 g/mol. The fraction of sp³-hybridized carbons (Fsp3) is 0.458. The minimum atomic E-state index is -3.63. The topological polar surface area (TPSA) is 60.9 Å². The SMILES string of the molecule is CCN(CC)S(=O)(=O)c1cc(C(=O)N2CCCN(Cc3ccc(Cl)cc3)CC2)ccc1C. The first kappa shape index (κ1) is 24.7. The van der Waals surface area contributed by atoms with Crippen LogP contribution in [0.2, 0.25) is 5.02 Å². The van der Waals surface area contributed by atoms with E-state index in [4.69, 9.17) is 11.6 Å². The molecule has 2 aromatic rings. The Balaban J connectivity index is 1.73. The van der Waals surface area contributed by atoms with Gasteiger partial charge in [0.05, 0.1) is 4.90 Å². The van der Waals surface area contributed by atoms with E-state index in [0.29, 0.717) is 37.3 Å². The lowest BCUT2D eigenvalue weighted by molar-refractivity contribution is 0.0761. The minimum absolute atomic E-state index is 0.116. The molecule has 8 heteroatoms. The molecule has 1 heterocycles. The van der Waals surface area contributed by atoms with Gasteiger partial charge < -0.3 is 4.90 Å². The van der Waals surface area contributed by atoms with Gasteiger partial charge in [-0.05, 0) is 48.7 Å². The summed E-state index contributed by atoms with van der Waals surface area (Å²) in [5.41, 5.74) is 2.27. The van der Waals surface area contributed by atoms with Crippen molar-refractivity contribution in [2.75, 3.05) is 39.3 Å². The summed E-state index contributed by atoms with van der Waals surface area (Å²) in [4.78, 5) is 17.6. The molecule has 0 bridgehead atoms. The van der Waals surface area contributed by atoms with Crippen LogP contribution in [0.15, 0.2) is 47.4 Å². The van der Waals surface area contributed by atoms with E-state index in [0.717, 1.165) is 31.1 Å². The second-order valence-electron chi connectivity index (χ2n) is 8.12. The molecule has 174 valence electrons. The smallest absolute Gasteiger partial charge is 0.253 e. The van der Waals surface area contributed by atoms with Gasteiger partial charge in [-0.2, -0.15) is 4.31 Å². The van der Waals surface area contributed by atoms with Crippen molar-refractivity contribution < 1.29 is 13.2 Å². The van der Waals surface area contributed by atoms with E-state index >= 15 is 0 Å². The lowest BCUT2D eigenvalue weighted by atomic mass is 10.1. The summed E-state index contributed by atoms with van der Waals surface area (Å²) in [5, 5.41) is 0.724. The number of carbonyl (C=O) groups excluding carboxylic acids is 1. The van der Waals surface area contributed by atoms with Gasteiger partial charge in [0, 0.05) is 56.4 Å². The molecule has 0 N–H and O–H groups in total. The van der Waals surface area contributed by atoms with E-state index in [1.807, 2.05) is 43.0 Å². The van der Waals surface area contributed by atoms with Crippen LogP contribution in [0.4, 0.5) is 0 Å². The van der Waals surface area contributed by atoms with Crippen molar-refractivity contribution in [2.24, 2.45) is 0 Å². The Morgan fingerprint density at radius 3 is 2.34 bits per heavy atom. The molecule has 1 fully saturated rings. The van der Waals surface area contributed by atoms with Gasteiger partial charge in [0.15, 0.2) is 0 Å². The molecule has 0 unspecified atom stereocenters. The van der Waals surface area contributed by atoms with Gasteiger partial charge in [0.2, 0.25) is 10.0 Å². The average molecular weight is 478 g/mol. The number of halogens is 1. The Bertz CT molecular complexity index is 1040. The Kier molecular flexibility index (Phi) is 8.33. The molecule has 0 aliphatic carbocycles. The van der Waals surface area contributed by atoms with Gasteiger partial charge in [0.25, 0.3) is 5.91 Å². The molecule has 0 aromatic heterocycles. The molecule has 3 rings (SSSR count). The largest absolute Gasteiger partial charge is 0.337 e. The molecule has 1 amide bonds. The number of amides is 1. The fourth-order valence-corrected chi connectivity index (χ4v) is 5.91. The lowest BCUT2D eigenvalue weighted by Gasteiger charge is -2.23. The molecule has 0 spiro atoms. The maximum atomic E-state index is 13.2. The zero-order valence-corrected chi connectivity index (χ0v) is 20.6. The molecule has 1 saturated heterocycles. The first-order valence-corrected chi connectivity index (χ1v) is 12.9. The van der Waals surface area contributed by atoms with Crippen LogP contribution in [-0.4, -0.2) is 67.7 Å². The molecule has 1 aliphatic heterocycles. The van der Waals surface area contributed by atoms with Gasteiger partial charge in [-0.15, -0.1) is 0 Å².